The minimum absolute atomic E-state index is 0.964. The summed E-state index contributed by atoms with van der Waals surface area (Å²) in [5.74, 6) is 1.93. The molecule has 0 saturated heterocycles. The van der Waals surface area contributed by atoms with Crippen molar-refractivity contribution < 1.29 is 0 Å². The van der Waals surface area contributed by atoms with Crippen molar-refractivity contribution in [2.75, 3.05) is 0 Å². The molecular formula is C40H82. The van der Waals surface area contributed by atoms with Gasteiger partial charge >= 0.3 is 0 Å². The van der Waals surface area contributed by atoms with Crippen molar-refractivity contribution >= 4 is 0 Å². The van der Waals surface area contributed by atoms with Crippen molar-refractivity contribution in [3.63, 3.8) is 0 Å². The molecule has 0 fully saturated rings. The predicted octanol–water partition coefficient (Wildman–Crippen LogP) is 15.6. The van der Waals surface area contributed by atoms with E-state index >= 15 is 0 Å². The van der Waals surface area contributed by atoms with Crippen molar-refractivity contribution in [1.82, 2.24) is 0 Å². The van der Waals surface area contributed by atoms with Gasteiger partial charge in [-0.2, -0.15) is 0 Å². The highest BCUT2D eigenvalue weighted by atomic mass is 14.1. The van der Waals surface area contributed by atoms with Crippen LogP contribution >= 0.6 is 0 Å². The van der Waals surface area contributed by atoms with Crippen LogP contribution in [-0.2, 0) is 0 Å². The number of hydrogen-bond donors (Lipinski definition) is 0. The molecule has 0 radical (unpaired) electrons. The van der Waals surface area contributed by atoms with Crippen LogP contribution in [0, 0.1) is 11.8 Å². The molecule has 0 rings (SSSR count). The molecule has 0 aromatic rings. The molecule has 0 aliphatic rings. The van der Waals surface area contributed by atoms with E-state index in [9.17, 15) is 0 Å². The van der Waals surface area contributed by atoms with Gasteiger partial charge in [0.15, 0.2) is 0 Å². The maximum Gasteiger partial charge on any atom is -0.0443 e. The predicted molar refractivity (Wildman–Crippen MR) is 187 cm³/mol. The first-order chi connectivity index (χ1) is 19.7. The van der Waals surface area contributed by atoms with Gasteiger partial charge in [0.25, 0.3) is 0 Å². The monoisotopic (exact) mass is 563 g/mol. The molecule has 0 amide bonds. The molecule has 0 bridgehead atoms. The van der Waals surface area contributed by atoms with Gasteiger partial charge in [0, 0.05) is 0 Å². The van der Waals surface area contributed by atoms with E-state index in [0.717, 1.165) is 11.8 Å². The Kier molecular flexibility index (Phi) is 35.2. The molecule has 0 aliphatic carbocycles. The Labute approximate surface area is 257 Å². The van der Waals surface area contributed by atoms with Gasteiger partial charge < -0.3 is 0 Å². The Morgan fingerprint density at radius 2 is 0.375 bits per heavy atom. The lowest BCUT2D eigenvalue weighted by Crippen LogP contribution is -1.95. The highest BCUT2D eigenvalue weighted by molar-refractivity contribution is 4.58. The van der Waals surface area contributed by atoms with Crippen LogP contribution in [0.1, 0.15) is 246 Å². The standard InChI is InChI=1S/C40H82/c1-5-7-9-11-13-15-16-17-20-24-28-32-36-40(4)38-34-30-26-22-18-21-25-29-33-37-39(3)35-31-27-23-19-14-12-10-8-6-2/h39-40H,5-38H2,1-4H3. The first kappa shape index (κ1) is 40.0. The Morgan fingerprint density at radius 3 is 0.550 bits per heavy atom. The summed E-state index contributed by atoms with van der Waals surface area (Å²) in [6.45, 7) is 9.63. The molecule has 0 aromatic heterocycles. The van der Waals surface area contributed by atoms with E-state index in [2.05, 4.69) is 27.7 Å². The van der Waals surface area contributed by atoms with Crippen LogP contribution in [-0.4, -0.2) is 0 Å². The smallest absolute Gasteiger partial charge is 0.0443 e. The van der Waals surface area contributed by atoms with Crippen molar-refractivity contribution in [2.24, 2.45) is 11.8 Å². The average molecular weight is 563 g/mol. The van der Waals surface area contributed by atoms with Crippen LogP contribution in [0.25, 0.3) is 0 Å². The van der Waals surface area contributed by atoms with E-state index in [0.29, 0.717) is 0 Å². The zero-order chi connectivity index (χ0) is 29.2. The minimum atomic E-state index is 0.964. The fraction of sp³-hybridized carbons (Fsp3) is 1.00. The summed E-state index contributed by atoms with van der Waals surface area (Å²) < 4.78 is 0. The lowest BCUT2D eigenvalue weighted by molar-refractivity contribution is 0.425. The number of rotatable bonds is 35. The molecular weight excluding hydrogens is 480 g/mol. The van der Waals surface area contributed by atoms with Gasteiger partial charge in [-0.1, -0.05) is 246 Å². The first-order valence-corrected chi connectivity index (χ1v) is 19.7. The summed E-state index contributed by atoms with van der Waals surface area (Å²) in [6, 6.07) is 0. The lowest BCUT2D eigenvalue weighted by atomic mass is 9.95. The van der Waals surface area contributed by atoms with Crippen LogP contribution in [0.4, 0.5) is 0 Å². The fourth-order valence-corrected chi connectivity index (χ4v) is 6.65. The summed E-state index contributed by atoms with van der Waals surface area (Å²) >= 11 is 0. The molecule has 0 nitrogen and oxygen atoms in total. The number of unbranched alkanes of at least 4 members (excludes halogenated alkanes) is 27. The van der Waals surface area contributed by atoms with Gasteiger partial charge in [-0.05, 0) is 11.8 Å². The quantitative estimate of drug-likeness (QED) is 0.0674. The third-order valence-corrected chi connectivity index (χ3v) is 9.74. The fourth-order valence-electron chi connectivity index (χ4n) is 6.65. The largest absolute Gasteiger partial charge is 0.0654 e. The SMILES string of the molecule is CCCCCCCCCCCCCCC(C)CCCCCCCCCCCC(C)CCCCCCCCCCC. The van der Waals surface area contributed by atoms with Gasteiger partial charge in [-0.25, -0.2) is 0 Å². The summed E-state index contributed by atoms with van der Waals surface area (Å²) in [5, 5.41) is 0. The van der Waals surface area contributed by atoms with Crippen molar-refractivity contribution in [2.45, 2.75) is 246 Å². The second kappa shape index (κ2) is 35.2. The maximum atomic E-state index is 2.51. The number of hydrogen-bond acceptors (Lipinski definition) is 0. The molecule has 0 spiro atoms. The van der Waals surface area contributed by atoms with Crippen LogP contribution in [0.2, 0.25) is 0 Å². The molecule has 0 heterocycles. The summed E-state index contributed by atoms with van der Waals surface area (Å²) in [4.78, 5) is 0. The van der Waals surface area contributed by atoms with E-state index in [1.165, 1.54) is 218 Å². The van der Waals surface area contributed by atoms with Crippen molar-refractivity contribution in [3.8, 4) is 0 Å². The summed E-state index contributed by atoms with van der Waals surface area (Å²) in [7, 11) is 0. The van der Waals surface area contributed by atoms with E-state index in [-0.39, 0.29) is 0 Å². The van der Waals surface area contributed by atoms with E-state index in [1.54, 1.807) is 0 Å². The highest BCUT2D eigenvalue weighted by Crippen LogP contribution is 2.21. The third-order valence-electron chi connectivity index (χ3n) is 9.74. The van der Waals surface area contributed by atoms with Crippen LogP contribution in [0.15, 0.2) is 0 Å². The molecule has 40 heavy (non-hydrogen) atoms. The Morgan fingerprint density at radius 1 is 0.225 bits per heavy atom. The molecule has 2 unspecified atom stereocenters. The zero-order valence-electron chi connectivity index (χ0n) is 29.2. The van der Waals surface area contributed by atoms with Gasteiger partial charge in [0.05, 0.1) is 0 Å². The zero-order valence-corrected chi connectivity index (χ0v) is 29.2. The molecule has 2 atom stereocenters. The average Bonchev–Trinajstić information content (AvgIpc) is 2.95. The van der Waals surface area contributed by atoms with Crippen LogP contribution in [0.3, 0.4) is 0 Å². The Bertz CT molecular complexity index is 426. The molecule has 0 aliphatic heterocycles. The Hall–Kier alpha value is 0. The van der Waals surface area contributed by atoms with Gasteiger partial charge in [0.2, 0.25) is 0 Å². The van der Waals surface area contributed by atoms with Crippen molar-refractivity contribution in [1.29, 1.82) is 0 Å². The van der Waals surface area contributed by atoms with E-state index in [1.807, 2.05) is 0 Å². The second-order valence-corrected chi connectivity index (χ2v) is 14.3. The molecule has 242 valence electrons. The first-order valence-electron chi connectivity index (χ1n) is 19.7. The third kappa shape index (κ3) is 34.2. The molecule has 0 aromatic carbocycles. The normalized spacial score (nSPS) is 13.2. The second-order valence-electron chi connectivity index (χ2n) is 14.3. The maximum absolute atomic E-state index is 2.51. The topological polar surface area (TPSA) is 0 Å². The van der Waals surface area contributed by atoms with E-state index in [4.69, 9.17) is 0 Å². The molecule has 0 heteroatoms. The van der Waals surface area contributed by atoms with Crippen LogP contribution < -0.4 is 0 Å². The van der Waals surface area contributed by atoms with Crippen LogP contribution in [0.5, 0.6) is 0 Å². The van der Waals surface area contributed by atoms with E-state index < -0.39 is 0 Å². The van der Waals surface area contributed by atoms with Gasteiger partial charge in [-0.3, -0.25) is 0 Å². The molecule has 0 saturated carbocycles. The highest BCUT2D eigenvalue weighted by Gasteiger charge is 2.04. The van der Waals surface area contributed by atoms with Gasteiger partial charge in [-0.15, -0.1) is 0 Å². The Balaban J connectivity index is 3.22. The minimum Gasteiger partial charge on any atom is -0.0654 e. The molecule has 0 N–H and O–H groups in total. The van der Waals surface area contributed by atoms with Crippen molar-refractivity contribution in [3.05, 3.63) is 0 Å². The lowest BCUT2D eigenvalue weighted by Gasteiger charge is -2.11. The summed E-state index contributed by atoms with van der Waals surface area (Å²) in [6.07, 6.45) is 50.1. The van der Waals surface area contributed by atoms with Gasteiger partial charge in [0.1, 0.15) is 0 Å². The summed E-state index contributed by atoms with van der Waals surface area (Å²) in [5.41, 5.74) is 0.